The summed E-state index contributed by atoms with van der Waals surface area (Å²) in [4.78, 5) is 0. The number of ether oxygens (including phenoxy) is 1. The molecule has 114 valence electrons. The highest BCUT2D eigenvalue weighted by Gasteiger charge is 2.07. The van der Waals surface area contributed by atoms with Gasteiger partial charge in [-0.3, -0.25) is 0 Å². The number of halogens is 1. The minimum absolute atomic E-state index is 0.315. The Kier molecular flexibility index (Phi) is 9.31. The highest BCUT2D eigenvalue weighted by atomic mass is 35.5. The summed E-state index contributed by atoms with van der Waals surface area (Å²) in [6.45, 7) is 4.42. The fraction of sp³-hybridized carbons (Fsp3) is 0.600. The Balaban J connectivity index is 2.11. The molecule has 1 aromatic carbocycles. The molecule has 3 nitrogen and oxygen atoms in total. The number of hydrogen-bond donors (Lipinski definition) is 2. The minimum Gasteiger partial charge on any atom is -0.389 e. The Labute approximate surface area is 131 Å². The van der Waals surface area contributed by atoms with Gasteiger partial charge in [0.1, 0.15) is 0 Å². The van der Waals surface area contributed by atoms with Crippen molar-refractivity contribution in [2.24, 2.45) is 5.92 Å². The number of thioether (sulfide) groups is 1. The van der Waals surface area contributed by atoms with Gasteiger partial charge in [-0.05, 0) is 36.1 Å². The molecule has 2 N–H and O–H groups in total. The van der Waals surface area contributed by atoms with Crippen molar-refractivity contribution in [2.75, 3.05) is 31.7 Å². The highest BCUT2D eigenvalue weighted by molar-refractivity contribution is 7.98. The second-order valence-electron chi connectivity index (χ2n) is 4.98. The normalized spacial score (nSPS) is 14.2. The average Bonchev–Trinajstić information content (AvgIpc) is 2.41. The molecule has 0 amide bonds. The van der Waals surface area contributed by atoms with Crippen LogP contribution in [-0.2, 0) is 11.3 Å². The molecule has 0 fully saturated rings. The third-order valence-corrected chi connectivity index (χ3v) is 4.12. The first kappa shape index (κ1) is 17.8. The quantitative estimate of drug-likeness (QED) is 0.696. The maximum atomic E-state index is 9.81. The smallest absolute Gasteiger partial charge is 0.0897 e. The van der Waals surface area contributed by atoms with Gasteiger partial charge in [0.05, 0.1) is 19.3 Å². The zero-order valence-electron chi connectivity index (χ0n) is 12.1. The molecule has 2 atom stereocenters. The van der Waals surface area contributed by atoms with Crippen LogP contribution in [0, 0.1) is 5.92 Å². The number of rotatable bonds is 10. The molecule has 0 aliphatic heterocycles. The summed E-state index contributed by atoms with van der Waals surface area (Å²) >= 11 is 7.87. The largest absolute Gasteiger partial charge is 0.389 e. The predicted octanol–water partition coefficient (Wildman–Crippen LogP) is 2.81. The first-order valence-corrected chi connectivity index (χ1v) is 8.59. The summed E-state index contributed by atoms with van der Waals surface area (Å²) in [5, 5.41) is 13.8. The van der Waals surface area contributed by atoms with Crippen LogP contribution in [0.25, 0.3) is 0 Å². The van der Waals surface area contributed by atoms with Crippen LogP contribution in [0.4, 0.5) is 0 Å². The van der Waals surface area contributed by atoms with Gasteiger partial charge < -0.3 is 15.2 Å². The van der Waals surface area contributed by atoms with E-state index in [-0.39, 0.29) is 0 Å². The second-order valence-corrected chi connectivity index (χ2v) is 6.30. The van der Waals surface area contributed by atoms with Gasteiger partial charge in [0.2, 0.25) is 0 Å². The van der Waals surface area contributed by atoms with Crippen LogP contribution in [-0.4, -0.2) is 42.9 Å². The van der Waals surface area contributed by atoms with E-state index >= 15 is 0 Å². The van der Waals surface area contributed by atoms with Crippen LogP contribution < -0.4 is 5.32 Å². The number of aliphatic hydroxyl groups excluding tert-OH is 1. The van der Waals surface area contributed by atoms with Crippen molar-refractivity contribution in [3.63, 3.8) is 0 Å². The van der Waals surface area contributed by atoms with Crippen LogP contribution in [0.2, 0.25) is 5.02 Å². The van der Waals surface area contributed by atoms with E-state index in [0.29, 0.717) is 30.7 Å². The molecule has 0 spiro atoms. The summed E-state index contributed by atoms with van der Waals surface area (Å²) < 4.78 is 5.49. The van der Waals surface area contributed by atoms with E-state index < -0.39 is 6.10 Å². The van der Waals surface area contributed by atoms with E-state index in [0.717, 1.165) is 17.9 Å². The van der Waals surface area contributed by atoms with E-state index in [2.05, 4.69) is 18.5 Å². The zero-order valence-corrected chi connectivity index (χ0v) is 13.7. The molecule has 0 aromatic heterocycles. The number of aliphatic hydroxyl groups is 1. The van der Waals surface area contributed by atoms with Crippen molar-refractivity contribution in [2.45, 2.75) is 19.6 Å². The first-order chi connectivity index (χ1) is 9.63. The van der Waals surface area contributed by atoms with Crippen molar-refractivity contribution in [1.82, 2.24) is 5.32 Å². The minimum atomic E-state index is -0.487. The molecule has 0 radical (unpaired) electrons. The second kappa shape index (κ2) is 10.5. The lowest BCUT2D eigenvalue weighted by atomic mass is 10.2. The monoisotopic (exact) mass is 317 g/mol. The maximum Gasteiger partial charge on any atom is 0.0897 e. The fourth-order valence-corrected chi connectivity index (χ4v) is 2.70. The van der Waals surface area contributed by atoms with E-state index in [1.54, 1.807) is 0 Å². The van der Waals surface area contributed by atoms with Gasteiger partial charge in [-0.15, -0.1) is 0 Å². The molecule has 1 aromatic rings. The van der Waals surface area contributed by atoms with Gasteiger partial charge >= 0.3 is 0 Å². The average molecular weight is 318 g/mol. The van der Waals surface area contributed by atoms with Gasteiger partial charge in [-0.2, -0.15) is 11.8 Å². The lowest BCUT2D eigenvalue weighted by molar-refractivity contribution is 0.0287. The molecule has 0 saturated heterocycles. The molecule has 2 unspecified atom stereocenters. The molecule has 0 aliphatic rings. The van der Waals surface area contributed by atoms with Crippen molar-refractivity contribution >= 4 is 23.4 Å². The van der Waals surface area contributed by atoms with E-state index in [1.807, 2.05) is 36.0 Å². The van der Waals surface area contributed by atoms with Crippen molar-refractivity contribution in [3.8, 4) is 0 Å². The standard InChI is InChI=1S/C15H24ClNO2S/c1-12(11-20-2)7-17-8-14(18)10-19-9-13-5-3-4-6-15(13)16/h3-6,12,14,17-18H,7-11H2,1-2H3. The van der Waals surface area contributed by atoms with Crippen LogP contribution in [0.5, 0.6) is 0 Å². The van der Waals surface area contributed by atoms with Gasteiger partial charge in [-0.25, -0.2) is 0 Å². The SMILES string of the molecule is CSCC(C)CNCC(O)COCc1ccccc1Cl. The first-order valence-electron chi connectivity index (χ1n) is 6.82. The number of nitrogens with one attached hydrogen (secondary N) is 1. The van der Waals surface area contributed by atoms with Crippen molar-refractivity contribution in [3.05, 3.63) is 34.9 Å². The summed E-state index contributed by atoms with van der Waals surface area (Å²) in [6.07, 6.45) is 1.62. The van der Waals surface area contributed by atoms with E-state index in [9.17, 15) is 5.11 Å². The summed E-state index contributed by atoms with van der Waals surface area (Å²) in [5.74, 6) is 1.74. The zero-order chi connectivity index (χ0) is 14.8. The molecule has 20 heavy (non-hydrogen) atoms. The Morgan fingerprint density at radius 1 is 1.35 bits per heavy atom. The Bertz CT molecular complexity index is 379. The molecular weight excluding hydrogens is 294 g/mol. The molecule has 0 saturated carbocycles. The van der Waals surface area contributed by atoms with Crippen LogP contribution in [0.3, 0.4) is 0 Å². The molecule has 5 heteroatoms. The van der Waals surface area contributed by atoms with Gasteiger partial charge in [0, 0.05) is 11.6 Å². The predicted molar refractivity (Wildman–Crippen MR) is 87.5 cm³/mol. The lowest BCUT2D eigenvalue weighted by Gasteiger charge is -2.15. The van der Waals surface area contributed by atoms with E-state index in [1.165, 1.54) is 0 Å². The molecular formula is C15H24ClNO2S. The third-order valence-electron chi connectivity index (χ3n) is 2.85. The Morgan fingerprint density at radius 2 is 2.10 bits per heavy atom. The maximum absolute atomic E-state index is 9.81. The van der Waals surface area contributed by atoms with Gasteiger partial charge in [-0.1, -0.05) is 36.7 Å². The fourth-order valence-electron chi connectivity index (χ4n) is 1.82. The van der Waals surface area contributed by atoms with Gasteiger partial charge in [0.25, 0.3) is 0 Å². The summed E-state index contributed by atoms with van der Waals surface area (Å²) in [5.41, 5.74) is 0.947. The van der Waals surface area contributed by atoms with Gasteiger partial charge in [0.15, 0.2) is 0 Å². The summed E-state index contributed by atoms with van der Waals surface area (Å²) in [7, 11) is 0. The van der Waals surface area contributed by atoms with Crippen LogP contribution in [0.15, 0.2) is 24.3 Å². The lowest BCUT2D eigenvalue weighted by Crippen LogP contribution is -2.33. The van der Waals surface area contributed by atoms with Crippen molar-refractivity contribution < 1.29 is 9.84 Å². The molecule has 0 aliphatic carbocycles. The Hall–Kier alpha value is -0.260. The Morgan fingerprint density at radius 3 is 2.80 bits per heavy atom. The third kappa shape index (κ3) is 7.50. The van der Waals surface area contributed by atoms with Crippen LogP contribution in [0.1, 0.15) is 12.5 Å². The number of hydrogen-bond acceptors (Lipinski definition) is 4. The summed E-state index contributed by atoms with van der Waals surface area (Å²) in [6, 6.07) is 7.58. The van der Waals surface area contributed by atoms with E-state index in [4.69, 9.17) is 16.3 Å². The number of benzene rings is 1. The molecule has 0 heterocycles. The van der Waals surface area contributed by atoms with Crippen molar-refractivity contribution in [1.29, 1.82) is 0 Å². The van der Waals surface area contributed by atoms with Crippen LogP contribution >= 0.6 is 23.4 Å². The molecule has 0 bridgehead atoms. The highest BCUT2D eigenvalue weighted by Crippen LogP contribution is 2.15. The topological polar surface area (TPSA) is 41.5 Å². The molecule has 1 rings (SSSR count).